The van der Waals surface area contributed by atoms with E-state index in [-0.39, 0.29) is 23.0 Å². The van der Waals surface area contributed by atoms with E-state index >= 15 is 0 Å². The molecule has 3 rings (SSSR count). The maximum atomic E-state index is 13.1. The quantitative estimate of drug-likeness (QED) is 0.231. The number of aromatic nitrogens is 2. The molecule has 0 unspecified atom stereocenters. The number of nitrogens with one attached hydrogen (secondary N) is 1. The number of nitro groups is 1. The molecule has 1 N–H and O–H groups in total. The molecule has 0 bridgehead atoms. The average molecular weight is 457 g/mol. The SMILES string of the molecule is CC[C@@H](C)n1c(S[C@@H](C)C(=O)Nc2cc([N+](=O)[O-])ccc2OC)nc2ccccc2c1=O. The summed E-state index contributed by atoms with van der Waals surface area (Å²) in [5.74, 6) is -0.0894. The molecule has 0 radical (unpaired) electrons. The van der Waals surface area contributed by atoms with Crippen LogP contribution in [0.2, 0.25) is 0 Å². The Morgan fingerprint density at radius 2 is 2.00 bits per heavy atom. The first kappa shape index (κ1) is 23.3. The van der Waals surface area contributed by atoms with Crippen molar-refractivity contribution in [3.8, 4) is 5.75 Å². The molecule has 1 heterocycles. The van der Waals surface area contributed by atoms with Crippen molar-refractivity contribution in [1.29, 1.82) is 0 Å². The number of fused-ring (bicyclic) bond motifs is 1. The lowest BCUT2D eigenvalue weighted by molar-refractivity contribution is -0.384. The maximum Gasteiger partial charge on any atom is 0.271 e. The third-order valence-corrected chi connectivity index (χ3v) is 6.18. The second-order valence-electron chi connectivity index (χ2n) is 7.23. The van der Waals surface area contributed by atoms with E-state index in [9.17, 15) is 19.7 Å². The fourth-order valence-electron chi connectivity index (χ4n) is 3.13. The summed E-state index contributed by atoms with van der Waals surface area (Å²) in [6.45, 7) is 5.60. The second-order valence-corrected chi connectivity index (χ2v) is 8.54. The smallest absolute Gasteiger partial charge is 0.271 e. The number of rotatable bonds is 8. The van der Waals surface area contributed by atoms with E-state index in [1.165, 1.54) is 25.3 Å². The minimum absolute atomic E-state index is 0.103. The van der Waals surface area contributed by atoms with Crippen molar-refractivity contribution < 1.29 is 14.5 Å². The first-order valence-corrected chi connectivity index (χ1v) is 11.0. The van der Waals surface area contributed by atoms with Gasteiger partial charge < -0.3 is 10.1 Å². The van der Waals surface area contributed by atoms with E-state index in [1.807, 2.05) is 19.9 Å². The number of thioether (sulfide) groups is 1. The number of carbonyl (C=O) groups is 1. The molecule has 32 heavy (non-hydrogen) atoms. The van der Waals surface area contributed by atoms with Gasteiger partial charge in [-0.05, 0) is 38.5 Å². The van der Waals surface area contributed by atoms with Crippen molar-refractivity contribution >= 4 is 39.9 Å². The zero-order chi connectivity index (χ0) is 23.4. The van der Waals surface area contributed by atoms with Crippen LogP contribution in [-0.4, -0.2) is 32.7 Å². The van der Waals surface area contributed by atoms with Gasteiger partial charge in [-0.25, -0.2) is 4.98 Å². The van der Waals surface area contributed by atoms with Crippen LogP contribution in [0.4, 0.5) is 11.4 Å². The largest absolute Gasteiger partial charge is 0.495 e. The van der Waals surface area contributed by atoms with Crippen LogP contribution < -0.4 is 15.6 Å². The van der Waals surface area contributed by atoms with Gasteiger partial charge in [0.1, 0.15) is 5.75 Å². The lowest BCUT2D eigenvalue weighted by atomic mass is 10.2. The van der Waals surface area contributed by atoms with Gasteiger partial charge in [-0.3, -0.25) is 24.3 Å². The standard InChI is InChI=1S/C22H24N4O5S/c1-5-13(2)25-21(28)16-8-6-7-9-17(16)24-22(25)32-14(3)20(27)23-18-12-15(26(29)30)10-11-19(18)31-4/h6-14H,5H2,1-4H3,(H,23,27)/t13-,14+/m1/s1. The van der Waals surface area contributed by atoms with Gasteiger partial charge in [-0.1, -0.05) is 30.8 Å². The lowest BCUT2D eigenvalue weighted by Crippen LogP contribution is -2.28. The summed E-state index contributed by atoms with van der Waals surface area (Å²) in [6, 6.07) is 11.0. The fraction of sp³-hybridized carbons (Fsp3) is 0.318. The number of amides is 1. The zero-order valence-corrected chi connectivity index (χ0v) is 19.0. The third-order valence-electron chi connectivity index (χ3n) is 5.11. The number of nitrogens with zero attached hydrogens (tertiary/aromatic N) is 3. The summed E-state index contributed by atoms with van der Waals surface area (Å²) in [5, 5.41) is 14.1. The highest BCUT2D eigenvalue weighted by Gasteiger charge is 2.23. The van der Waals surface area contributed by atoms with Crippen molar-refractivity contribution in [3.05, 3.63) is 62.9 Å². The van der Waals surface area contributed by atoms with Gasteiger partial charge in [0.25, 0.3) is 11.2 Å². The summed E-state index contributed by atoms with van der Waals surface area (Å²) in [7, 11) is 1.42. The van der Waals surface area contributed by atoms with Crippen LogP contribution in [0.15, 0.2) is 52.4 Å². The van der Waals surface area contributed by atoms with Gasteiger partial charge in [0.2, 0.25) is 5.91 Å². The number of benzene rings is 2. The van der Waals surface area contributed by atoms with Gasteiger partial charge in [0, 0.05) is 18.2 Å². The van der Waals surface area contributed by atoms with E-state index in [2.05, 4.69) is 10.3 Å². The van der Waals surface area contributed by atoms with Crippen molar-refractivity contribution in [1.82, 2.24) is 9.55 Å². The van der Waals surface area contributed by atoms with Crippen LogP contribution in [0.1, 0.15) is 33.2 Å². The number of methoxy groups -OCH3 is 1. The number of anilines is 1. The van der Waals surface area contributed by atoms with Crippen molar-refractivity contribution in [2.24, 2.45) is 0 Å². The zero-order valence-electron chi connectivity index (χ0n) is 18.2. The van der Waals surface area contributed by atoms with E-state index in [0.29, 0.717) is 21.8 Å². The van der Waals surface area contributed by atoms with Crippen LogP contribution in [0, 0.1) is 10.1 Å². The van der Waals surface area contributed by atoms with Crippen molar-refractivity contribution in [3.63, 3.8) is 0 Å². The fourth-order valence-corrected chi connectivity index (χ4v) is 4.14. The molecule has 0 saturated heterocycles. The summed E-state index contributed by atoms with van der Waals surface area (Å²) in [5.41, 5.74) is 0.445. The number of carbonyl (C=O) groups excluding carboxylic acids is 1. The highest BCUT2D eigenvalue weighted by molar-refractivity contribution is 8.00. The number of non-ortho nitro benzene ring substituents is 1. The van der Waals surface area contributed by atoms with Crippen LogP contribution in [0.25, 0.3) is 10.9 Å². The molecular formula is C22H24N4O5S. The summed E-state index contributed by atoms with van der Waals surface area (Å²) < 4.78 is 6.82. The van der Waals surface area contributed by atoms with Crippen LogP contribution in [0.5, 0.6) is 5.75 Å². The van der Waals surface area contributed by atoms with Crippen LogP contribution >= 0.6 is 11.8 Å². The molecule has 1 aromatic heterocycles. The minimum atomic E-state index is -0.637. The van der Waals surface area contributed by atoms with Crippen molar-refractivity contribution in [2.45, 2.75) is 43.6 Å². The highest BCUT2D eigenvalue weighted by atomic mass is 32.2. The minimum Gasteiger partial charge on any atom is -0.495 e. The third kappa shape index (κ3) is 4.75. The molecule has 2 aromatic carbocycles. The van der Waals surface area contributed by atoms with Gasteiger partial charge in [0.15, 0.2) is 5.16 Å². The molecule has 10 heteroatoms. The molecule has 9 nitrogen and oxygen atoms in total. The van der Waals surface area contributed by atoms with E-state index in [0.717, 1.165) is 18.2 Å². The number of nitro benzene ring substituents is 1. The average Bonchev–Trinajstić information content (AvgIpc) is 2.78. The van der Waals surface area contributed by atoms with E-state index < -0.39 is 16.1 Å². The molecule has 0 aliphatic rings. The first-order valence-electron chi connectivity index (χ1n) is 10.1. The maximum absolute atomic E-state index is 13.1. The van der Waals surface area contributed by atoms with E-state index in [4.69, 9.17) is 4.74 Å². The topological polar surface area (TPSA) is 116 Å². The van der Waals surface area contributed by atoms with Gasteiger partial charge in [-0.15, -0.1) is 0 Å². The lowest BCUT2D eigenvalue weighted by Gasteiger charge is -2.20. The summed E-state index contributed by atoms with van der Waals surface area (Å²) in [6.07, 6.45) is 0.721. The van der Waals surface area contributed by atoms with Crippen LogP contribution in [0.3, 0.4) is 0 Å². The predicted molar refractivity (Wildman–Crippen MR) is 125 cm³/mol. The summed E-state index contributed by atoms with van der Waals surface area (Å²) in [4.78, 5) is 41.2. The molecule has 2 atom stereocenters. The summed E-state index contributed by atoms with van der Waals surface area (Å²) >= 11 is 1.16. The van der Waals surface area contributed by atoms with Crippen molar-refractivity contribution in [2.75, 3.05) is 12.4 Å². The number of hydrogen-bond acceptors (Lipinski definition) is 7. The highest BCUT2D eigenvalue weighted by Crippen LogP contribution is 2.31. The number of hydrogen-bond donors (Lipinski definition) is 1. The Balaban J connectivity index is 1.92. The Morgan fingerprint density at radius 3 is 2.66 bits per heavy atom. The monoisotopic (exact) mass is 456 g/mol. The van der Waals surface area contributed by atoms with Gasteiger partial charge in [-0.2, -0.15) is 0 Å². The van der Waals surface area contributed by atoms with Gasteiger partial charge >= 0.3 is 0 Å². The molecular weight excluding hydrogens is 432 g/mol. The Kier molecular flexibility index (Phi) is 7.14. The predicted octanol–water partition coefficient (Wildman–Crippen LogP) is 4.40. The van der Waals surface area contributed by atoms with E-state index in [1.54, 1.807) is 29.7 Å². The molecule has 168 valence electrons. The second kappa shape index (κ2) is 9.82. The molecule has 0 fully saturated rings. The normalized spacial score (nSPS) is 12.9. The first-order chi connectivity index (χ1) is 15.3. The molecule has 1 amide bonds. The molecule has 0 saturated carbocycles. The molecule has 3 aromatic rings. The Bertz CT molecular complexity index is 1230. The molecule has 0 aliphatic heterocycles. The number of ether oxygens (including phenoxy) is 1. The van der Waals surface area contributed by atoms with Crippen LogP contribution in [-0.2, 0) is 4.79 Å². The Labute approximate surface area is 189 Å². The van der Waals surface area contributed by atoms with Gasteiger partial charge in [0.05, 0.1) is 33.9 Å². The molecule has 0 aliphatic carbocycles. The Morgan fingerprint density at radius 1 is 1.28 bits per heavy atom. The molecule has 0 spiro atoms. The Hall–Kier alpha value is -3.40. The number of para-hydroxylation sites is 1.